The molecule has 0 aliphatic rings. The minimum atomic E-state index is 0. The van der Waals surface area contributed by atoms with Crippen molar-refractivity contribution in [1.82, 2.24) is 0 Å². The predicted octanol–water partition coefficient (Wildman–Crippen LogP) is 14.1. The molecule has 48 heavy (non-hydrogen) atoms. The van der Waals surface area contributed by atoms with Gasteiger partial charge in [0.25, 0.3) is 0 Å². The molecule has 0 saturated heterocycles. The number of rotatable bonds is 7. The van der Waals surface area contributed by atoms with Crippen molar-refractivity contribution >= 4 is 53.2 Å². The van der Waals surface area contributed by atoms with Crippen molar-refractivity contribution in [1.29, 1.82) is 0 Å². The first kappa shape index (κ1) is 45.8. The van der Waals surface area contributed by atoms with Gasteiger partial charge in [0.05, 0.1) is 0 Å². The molecule has 0 fully saturated rings. The molecule has 1 unspecified atom stereocenters. The van der Waals surface area contributed by atoms with E-state index in [1.54, 1.807) is 0 Å². The van der Waals surface area contributed by atoms with Gasteiger partial charge in [0, 0.05) is 0 Å². The Morgan fingerprint density at radius 1 is 0.583 bits per heavy atom. The summed E-state index contributed by atoms with van der Waals surface area (Å²) < 4.78 is 0. The SMILES string of the molecule is CC(C)c1ccc(-c2cccc3[cH-]c(C(C)C)cc23)cc1.CCc1cc2c(-c3ccc(C(C)CC)cc3)cccc2[cH-]1.Cl.Cl.[CH3-].[CH3-].[Si]=[Zr]. The third kappa shape index (κ3) is 10.9. The van der Waals surface area contributed by atoms with E-state index in [9.17, 15) is 0 Å². The first-order valence-corrected chi connectivity index (χ1v) is 20.3. The van der Waals surface area contributed by atoms with E-state index in [1.165, 1.54) is 95.8 Å². The summed E-state index contributed by atoms with van der Waals surface area (Å²) in [6.07, 6.45) is 2.29. The van der Waals surface area contributed by atoms with Crippen LogP contribution in [-0.4, -0.2) is 6.88 Å². The van der Waals surface area contributed by atoms with E-state index in [0.717, 1.165) is 6.42 Å². The Kier molecular flexibility index (Phi) is 20.8. The average molecular weight is 773 g/mol. The van der Waals surface area contributed by atoms with E-state index < -0.39 is 0 Å². The summed E-state index contributed by atoms with van der Waals surface area (Å²) in [5.74, 6) is 1.80. The normalized spacial score (nSPS) is 10.8. The van der Waals surface area contributed by atoms with Crippen molar-refractivity contribution in [2.45, 2.75) is 79.1 Å². The van der Waals surface area contributed by atoms with Crippen molar-refractivity contribution in [3.05, 3.63) is 146 Å². The van der Waals surface area contributed by atoms with Crippen LogP contribution in [0.3, 0.4) is 0 Å². The molecule has 4 heteroatoms. The van der Waals surface area contributed by atoms with Crippen LogP contribution >= 0.6 is 24.8 Å². The van der Waals surface area contributed by atoms with Crippen LogP contribution in [0.4, 0.5) is 0 Å². The van der Waals surface area contributed by atoms with Gasteiger partial charge in [0.1, 0.15) is 0 Å². The van der Waals surface area contributed by atoms with E-state index in [-0.39, 0.29) is 39.7 Å². The molecule has 0 nitrogen and oxygen atoms in total. The molecule has 1 atom stereocenters. The van der Waals surface area contributed by atoms with Crippen LogP contribution in [0, 0.1) is 14.9 Å². The summed E-state index contributed by atoms with van der Waals surface area (Å²) in [5.41, 5.74) is 11.0. The zero-order chi connectivity index (χ0) is 31.8. The van der Waals surface area contributed by atoms with Gasteiger partial charge in [-0.15, -0.1) is 93.9 Å². The first-order valence-electron chi connectivity index (χ1n) is 16.1. The molecule has 0 saturated carbocycles. The molecule has 256 valence electrons. The molecule has 6 aromatic rings. The van der Waals surface area contributed by atoms with Crippen LogP contribution in [0.25, 0.3) is 43.8 Å². The van der Waals surface area contributed by atoms with Gasteiger partial charge in [-0.3, -0.25) is 0 Å². The Morgan fingerprint density at radius 3 is 1.48 bits per heavy atom. The van der Waals surface area contributed by atoms with E-state index in [2.05, 4.69) is 165 Å². The quantitative estimate of drug-likeness (QED) is 0.112. The van der Waals surface area contributed by atoms with Gasteiger partial charge in [-0.05, 0) is 52.8 Å². The number of fused-ring (bicyclic) bond motifs is 2. The van der Waals surface area contributed by atoms with E-state index >= 15 is 0 Å². The van der Waals surface area contributed by atoms with Crippen molar-refractivity contribution < 1.29 is 23.3 Å². The second-order valence-corrected chi connectivity index (χ2v) is 12.5. The third-order valence-corrected chi connectivity index (χ3v) is 8.95. The molecule has 0 aromatic heterocycles. The van der Waals surface area contributed by atoms with Gasteiger partial charge >= 0.3 is 30.2 Å². The number of hydrogen-bond acceptors (Lipinski definition) is 0. The number of benzene rings is 4. The fourth-order valence-corrected chi connectivity index (χ4v) is 5.87. The summed E-state index contributed by atoms with van der Waals surface area (Å²) in [6.45, 7) is 18.8. The van der Waals surface area contributed by atoms with Crippen molar-refractivity contribution in [3.63, 3.8) is 0 Å². The summed E-state index contributed by atoms with van der Waals surface area (Å²) in [4.78, 5) is 0. The monoisotopic (exact) mass is 770 g/mol. The Labute approximate surface area is 321 Å². The molecule has 6 aromatic carbocycles. The molecular formula is C44H54Cl2SiZr-4. The maximum absolute atomic E-state index is 3.06. The van der Waals surface area contributed by atoms with Crippen LogP contribution in [0.15, 0.2) is 109 Å². The van der Waals surface area contributed by atoms with Crippen molar-refractivity contribution in [2.75, 3.05) is 0 Å². The summed E-state index contributed by atoms with van der Waals surface area (Å²) in [6, 6.07) is 40.7. The van der Waals surface area contributed by atoms with Crippen LogP contribution in [0.1, 0.15) is 94.9 Å². The summed E-state index contributed by atoms with van der Waals surface area (Å²) in [5, 5.41) is 5.46. The average Bonchev–Trinajstić information content (AvgIpc) is 3.70. The number of hydrogen-bond donors (Lipinski definition) is 0. The van der Waals surface area contributed by atoms with Crippen LogP contribution in [-0.2, 0) is 29.8 Å². The molecule has 0 aliphatic heterocycles. The van der Waals surface area contributed by atoms with Gasteiger partial charge in [0.15, 0.2) is 0 Å². The third-order valence-electron chi connectivity index (χ3n) is 8.95. The molecule has 0 aliphatic carbocycles. The van der Waals surface area contributed by atoms with Gasteiger partial charge < -0.3 is 14.9 Å². The van der Waals surface area contributed by atoms with Crippen molar-refractivity contribution in [3.8, 4) is 22.3 Å². The van der Waals surface area contributed by atoms with E-state index in [1.807, 2.05) is 0 Å². The number of aryl methyl sites for hydroxylation is 1. The first-order chi connectivity index (χ1) is 21.3. The Morgan fingerprint density at radius 2 is 1.04 bits per heavy atom. The molecule has 2 radical (unpaired) electrons. The predicted molar refractivity (Wildman–Crippen MR) is 219 cm³/mol. The standard InChI is InChI=1S/2C21H23.2CH3.2ClH.Si.Zr/c1-14(2)16-8-10-17(11-9-16)20-7-5-6-18-12-19(15(3)4)13-21(18)20;1-4-15(3)17-9-11-18(12-10-17)20-8-6-7-19-13-16(5-2)14-21(19)20;;;;;;/h5-15H,1-4H3;6-15H,4-5H2,1-3H3;2*1H3;2*1H;;/q4*-1;;;;. The molecule has 0 bridgehead atoms. The second-order valence-electron chi connectivity index (χ2n) is 12.5. The molecule has 0 amide bonds. The molecule has 0 spiro atoms. The molecule has 6 rings (SSSR count). The minimum absolute atomic E-state index is 0. The van der Waals surface area contributed by atoms with Gasteiger partial charge in [-0.25, -0.2) is 0 Å². The fourth-order valence-electron chi connectivity index (χ4n) is 5.87. The fraction of sp³-hybridized carbons (Fsp3) is 0.273. The molecular weight excluding hydrogens is 719 g/mol. The zero-order valence-electron chi connectivity index (χ0n) is 30.4. The Hall–Kier alpha value is -2.22. The van der Waals surface area contributed by atoms with Crippen LogP contribution in [0.5, 0.6) is 0 Å². The van der Waals surface area contributed by atoms with E-state index in [4.69, 9.17) is 0 Å². The topological polar surface area (TPSA) is 0 Å². The van der Waals surface area contributed by atoms with E-state index in [0.29, 0.717) is 17.8 Å². The number of halogens is 2. The maximum atomic E-state index is 3.06. The van der Waals surface area contributed by atoms with Crippen molar-refractivity contribution in [2.24, 2.45) is 0 Å². The van der Waals surface area contributed by atoms with Gasteiger partial charge in [-0.2, -0.15) is 12.1 Å². The Balaban J connectivity index is 0.000000811. The van der Waals surface area contributed by atoms with Crippen LogP contribution in [0.2, 0.25) is 0 Å². The van der Waals surface area contributed by atoms with Gasteiger partial charge in [0.2, 0.25) is 0 Å². The Bertz CT molecular complexity index is 1780. The van der Waals surface area contributed by atoms with Gasteiger partial charge in [-0.1, -0.05) is 120 Å². The molecule has 0 heterocycles. The zero-order valence-corrected chi connectivity index (χ0v) is 35.4. The summed E-state index contributed by atoms with van der Waals surface area (Å²) >= 11 is 1.36. The summed E-state index contributed by atoms with van der Waals surface area (Å²) in [7, 11) is 0. The van der Waals surface area contributed by atoms with Crippen LogP contribution < -0.4 is 0 Å². The second kappa shape index (κ2) is 21.8. The molecule has 0 N–H and O–H groups in total.